The van der Waals surface area contributed by atoms with Crippen molar-refractivity contribution in [2.75, 3.05) is 13.7 Å². The fourth-order valence-corrected chi connectivity index (χ4v) is 2.28. The number of methoxy groups -OCH3 is 1. The maximum absolute atomic E-state index is 12.8. The second kappa shape index (κ2) is 8.17. The molecule has 2 aromatic carbocycles. The zero-order valence-corrected chi connectivity index (χ0v) is 12.9. The molecule has 23 heavy (non-hydrogen) atoms. The Balaban J connectivity index is 1.87. The van der Waals surface area contributed by atoms with Gasteiger partial charge in [-0.3, -0.25) is 4.79 Å². The van der Waals surface area contributed by atoms with Crippen LogP contribution in [0.1, 0.15) is 24.3 Å². The van der Waals surface area contributed by atoms with Crippen molar-refractivity contribution in [2.45, 2.75) is 18.8 Å². The van der Waals surface area contributed by atoms with E-state index in [1.807, 2.05) is 0 Å². The Kier molecular flexibility index (Phi) is 5.97. The molecule has 0 aromatic heterocycles. The molecule has 122 valence electrons. The van der Waals surface area contributed by atoms with Crippen LogP contribution in [0.25, 0.3) is 0 Å². The first-order valence-corrected chi connectivity index (χ1v) is 7.35. The summed E-state index contributed by atoms with van der Waals surface area (Å²) in [5.41, 5.74) is 0.736. The van der Waals surface area contributed by atoms with E-state index in [1.54, 1.807) is 43.5 Å². The van der Waals surface area contributed by atoms with Crippen molar-refractivity contribution in [2.24, 2.45) is 0 Å². The molecule has 1 atom stereocenters. The van der Waals surface area contributed by atoms with Crippen molar-refractivity contribution in [3.8, 4) is 11.5 Å². The Morgan fingerprint density at radius 2 is 1.70 bits per heavy atom. The van der Waals surface area contributed by atoms with Crippen LogP contribution in [0.3, 0.4) is 0 Å². The van der Waals surface area contributed by atoms with Gasteiger partial charge in [0, 0.05) is 0 Å². The number of hydrogen-bond donors (Lipinski definition) is 1. The van der Waals surface area contributed by atoms with E-state index in [0.29, 0.717) is 30.9 Å². The zero-order chi connectivity index (χ0) is 16.7. The summed E-state index contributed by atoms with van der Waals surface area (Å²) < 4.78 is 23.3. The standard InChI is InChI=1S/C18H19FO4/c1-22-15-8-4-13(5-9-15)17(18(20)21)3-2-12-23-16-10-6-14(19)7-11-16/h4-11,17H,2-3,12H2,1H3,(H,20,21). The van der Waals surface area contributed by atoms with Gasteiger partial charge in [0.1, 0.15) is 17.3 Å². The molecule has 4 nitrogen and oxygen atoms in total. The summed E-state index contributed by atoms with van der Waals surface area (Å²) in [6.07, 6.45) is 1.04. The highest BCUT2D eigenvalue weighted by Gasteiger charge is 2.19. The van der Waals surface area contributed by atoms with Gasteiger partial charge in [-0.05, 0) is 54.8 Å². The van der Waals surface area contributed by atoms with E-state index >= 15 is 0 Å². The average Bonchev–Trinajstić information content (AvgIpc) is 2.56. The summed E-state index contributed by atoms with van der Waals surface area (Å²) in [4.78, 5) is 11.4. The van der Waals surface area contributed by atoms with Crippen LogP contribution in [-0.4, -0.2) is 24.8 Å². The molecule has 0 aliphatic carbocycles. The lowest BCUT2D eigenvalue weighted by atomic mass is 9.94. The predicted molar refractivity (Wildman–Crippen MR) is 84.5 cm³/mol. The number of ether oxygens (including phenoxy) is 2. The van der Waals surface area contributed by atoms with E-state index in [9.17, 15) is 14.3 Å². The van der Waals surface area contributed by atoms with E-state index in [0.717, 1.165) is 5.56 Å². The largest absolute Gasteiger partial charge is 0.497 e. The molecular weight excluding hydrogens is 299 g/mol. The fourth-order valence-electron chi connectivity index (χ4n) is 2.28. The molecule has 0 saturated carbocycles. The minimum atomic E-state index is -0.864. The van der Waals surface area contributed by atoms with Gasteiger partial charge >= 0.3 is 5.97 Å². The van der Waals surface area contributed by atoms with Gasteiger partial charge in [0.2, 0.25) is 0 Å². The number of aliphatic carboxylic acids is 1. The maximum Gasteiger partial charge on any atom is 0.310 e. The third-order valence-electron chi connectivity index (χ3n) is 3.54. The first-order chi connectivity index (χ1) is 11.1. The lowest BCUT2D eigenvalue weighted by molar-refractivity contribution is -0.139. The highest BCUT2D eigenvalue weighted by Crippen LogP contribution is 2.24. The van der Waals surface area contributed by atoms with Gasteiger partial charge in [0.05, 0.1) is 19.6 Å². The zero-order valence-electron chi connectivity index (χ0n) is 12.9. The molecule has 0 saturated heterocycles. The summed E-state index contributed by atoms with van der Waals surface area (Å²) in [6.45, 7) is 0.381. The molecule has 5 heteroatoms. The molecule has 0 amide bonds. The van der Waals surface area contributed by atoms with Gasteiger partial charge in [-0.1, -0.05) is 12.1 Å². The third-order valence-corrected chi connectivity index (χ3v) is 3.54. The highest BCUT2D eigenvalue weighted by molar-refractivity contribution is 5.76. The van der Waals surface area contributed by atoms with Crippen LogP contribution in [-0.2, 0) is 4.79 Å². The minimum absolute atomic E-state index is 0.317. The van der Waals surface area contributed by atoms with E-state index in [1.165, 1.54) is 12.1 Å². The molecule has 0 spiro atoms. The summed E-state index contributed by atoms with van der Waals surface area (Å²) >= 11 is 0. The fraction of sp³-hybridized carbons (Fsp3) is 0.278. The monoisotopic (exact) mass is 318 g/mol. The normalized spacial score (nSPS) is 11.7. The second-order valence-corrected chi connectivity index (χ2v) is 5.11. The number of hydrogen-bond acceptors (Lipinski definition) is 3. The van der Waals surface area contributed by atoms with Gasteiger partial charge in [0.25, 0.3) is 0 Å². The van der Waals surface area contributed by atoms with Crippen LogP contribution in [0.15, 0.2) is 48.5 Å². The van der Waals surface area contributed by atoms with Crippen molar-refractivity contribution in [3.05, 3.63) is 59.9 Å². The lowest BCUT2D eigenvalue weighted by Gasteiger charge is -2.13. The Morgan fingerprint density at radius 1 is 1.09 bits per heavy atom. The first kappa shape index (κ1) is 16.8. The number of carboxylic acids is 1. The number of benzene rings is 2. The molecule has 1 N–H and O–H groups in total. The van der Waals surface area contributed by atoms with Crippen molar-refractivity contribution >= 4 is 5.97 Å². The molecule has 1 unspecified atom stereocenters. The van der Waals surface area contributed by atoms with E-state index in [-0.39, 0.29) is 5.82 Å². The van der Waals surface area contributed by atoms with Gasteiger partial charge in [-0.2, -0.15) is 0 Å². The number of carbonyl (C=O) groups is 1. The summed E-state index contributed by atoms with van der Waals surface area (Å²) in [5, 5.41) is 9.39. The second-order valence-electron chi connectivity index (χ2n) is 5.11. The molecule has 0 radical (unpaired) electrons. The number of rotatable bonds is 8. The summed E-state index contributed by atoms with van der Waals surface area (Å²) in [5.74, 6) is -0.502. The Hall–Kier alpha value is -2.56. The third kappa shape index (κ3) is 4.98. The smallest absolute Gasteiger partial charge is 0.310 e. The van der Waals surface area contributed by atoms with Crippen LogP contribution in [0, 0.1) is 5.82 Å². The van der Waals surface area contributed by atoms with Crippen molar-refractivity contribution in [1.82, 2.24) is 0 Å². The highest BCUT2D eigenvalue weighted by atomic mass is 19.1. The summed E-state index contributed by atoms with van der Waals surface area (Å²) in [7, 11) is 1.57. The van der Waals surface area contributed by atoms with Crippen LogP contribution < -0.4 is 9.47 Å². The summed E-state index contributed by atoms with van der Waals surface area (Å²) in [6, 6.07) is 12.8. The van der Waals surface area contributed by atoms with Crippen LogP contribution in [0.5, 0.6) is 11.5 Å². The molecular formula is C18H19FO4. The van der Waals surface area contributed by atoms with Crippen LogP contribution in [0.2, 0.25) is 0 Å². The number of halogens is 1. The van der Waals surface area contributed by atoms with Gasteiger partial charge in [0.15, 0.2) is 0 Å². The Labute approximate surface area is 134 Å². The Morgan fingerprint density at radius 3 is 2.26 bits per heavy atom. The van der Waals surface area contributed by atoms with Crippen LogP contribution in [0.4, 0.5) is 4.39 Å². The Bertz CT molecular complexity index is 622. The molecule has 0 aliphatic rings. The van der Waals surface area contributed by atoms with Crippen molar-refractivity contribution in [3.63, 3.8) is 0 Å². The number of carboxylic acid groups (broad SMARTS) is 1. The quantitative estimate of drug-likeness (QED) is 0.751. The molecule has 2 aromatic rings. The molecule has 2 rings (SSSR count). The lowest BCUT2D eigenvalue weighted by Crippen LogP contribution is -2.13. The first-order valence-electron chi connectivity index (χ1n) is 7.35. The molecule has 0 bridgehead atoms. The van der Waals surface area contributed by atoms with Crippen molar-refractivity contribution in [1.29, 1.82) is 0 Å². The van der Waals surface area contributed by atoms with E-state index < -0.39 is 11.9 Å². The van der Waals surface area contributed by atoms with Gasteiger partial charge < -0.3 is 14.6 Å². The topological polar surface area (TPSA) is 55.8 Å². The van der Waals surface area contributed by atoms with E-state index in [2.05, 4.69) is 0 Å². The molecule has 0 fully saturated rings. The predicted octanol–water partition coefficient (Wildman–Crippen LogP) is 3.86. The minimum Gasteiger partial charge on any atom is -0.497 e. The molecule has 0 aliphatic heterocycles. The van der Waals surface area contributed by atoms with E-state index in [4.69, 9.17) is 9.47 Å². The van der Waals surface area contributed by atoms with Crippen LogP contribution >= 0.6 is 0 Å². The SMILES string of the molecule is COc1ccc(C(CCCOc2ccc(F)cc2)C(=O)O)cc1. The van der Waals surface area contributed by atoms with Gasteiger partial charge in [-0.15, -0.1) is 0 Å². The molecule has 0 heterocycles. The van der Waals surface area contributed by atoms with Crippen molar-refractivity contribution < 1.29 is 23.8 Å². The van der Waals surface area contributed by atoms with Gasteiger partial charge in [-0.25, -0.2) is 4.39 Å². The maximum atomic E-state index is 12.8. The average molecular weight is 318 g/mol.